The van der Waals surface area contributed by atoms with Gasteiger partial charge in [0, 0.05) is 24.0 Å². The molecule has 3 rings (SSSR count). The van der Waals surface area contributed by atoms with E-state index in [0.717, 1.165) is 11.3 Å². The maximum absolute atomic E-state index is 13.0. The molecule has 2 heteroatoms. The lowest BCUT2D eigenvalue weighted by molar-refractivity contribution is 0.628. The molecule has 0 radical (unpaired) electrons. The summed E-state index contributed by atoms with van der Waals surface area (Å²) in [6.45, 7) is 2.11. The fourth-order valence-electron chi connectivity index (χ4n) is 2.51. The predicted octanol–water partition coefficient (Wildman–Crippen LogP) is 4.81. The van der Waals surface area contributed by atoms with Gasteiger partial charge in [0.25, 0.3) is 0 Å². The van der Waals surface area contributed by atoms with E-state index in [0.29, 0.717) is 0 Å². The third-order valence-corrected chi connectivity index (χ3v) is 3.76. The van der Waals surface area contributed by atoms with Crippen molar-refractivity contribution in [3.05, 3.63) is 72.2 Å². The van der Waals surface area contributed by atoms with Crippen LogP contribution in [-0.4, -0.2) is 4.57 Å². The molecular formula is C18H16FN. The van der Waals surface area contributed by atoms with Crippen molar-refractivity contribution in [2.45, 2.75) is 6.92 Å². The van der Waals surface area contributed by atoms with E-state index in [9.17, 15) is 4.39 Å². The highest BCUT2D eigenvalue weighted by Gasteiger charge is 2.11. The fraction of sp³-hybridized carbons (Fsp3) is 0.111. The van der Waals surface area contributed by atoms with Crippen LogP contribution in [0, 0.1) is 12.7 Å². The number of hydrogen-bond donors (Lipinski definition) is 0. The number of benzene rings is 2. The quantitative estimate of drug-likeness (QED) is 0.627. The van der Waals surface area contributed by atoms with E-state index in [1.807, 2.05) is 37.4 Å². The van der Waals surface area contributed by atoms with E-state index >= 15 is 0 Å². The van der Waals surface area contributed by atoms with Crippen LogP contribution in [0.15, 0.2) is 60.7 Å². The molecule has 0 saturated carbocycles. The second-order valence-corrected chi connectivity index (χ2v) is 4.96. The van der Waals surface area contributed by atoms with Crippen LogP contribution in [0.2, 0.25) is 0 Å². The summed E-state index contributed by atoms with van der Waals surface area (Å²) in [6, 6.07) is 19.1. The number of hydrogen-bond acceptors (Lipinski definition) is 0. The Hall–Kier alpha value is -2.35. The summed E-state index contributed by atoms with van der Waals surface area (Å²) < 4.78 is 15.2. The Morgan fingerprint density at radius 2 is 1.50 bits per heavy atom. The second-order valence-electron chi connectivity index (χ2n) is 4.96. The van der Waals surface area contributed by atoms with Crippen LogP contribution in [-0.2, 0) is 7.05 Å². The first-order chi connectivity index (χ1) is 9.66. The van der Waals surface area contributed by atoms with Crippen LogP contribution in [0.25, 0.3) is 22.4 Å². The van der Waals surface area contributed by atoms with Gasteiger partial charge in [-0.25, -0.2) is 4.39 Å². The molecular weight excluding hydrogens is 249 g/mol. The Bertz CT molecular complexity index is 724. The molecule has 20 heavy (non-hydrogen) atoms. The topological polar surface area (TPSA) is 4.93 Å². The second kappa shape index (κ2) is 4.97. The lowest BCUT2D eigenvalue weighted by atomic mass is 10.1. The van der Waals surface area contributed by atoms with Crippen molar-refractivity contribution in [3.8, 4) is 22.4 Å². The van der Waals surface area contributed by atoms with Crippen LogP contribution < -0.4 is 0 Å². The van der Waals surface area contributed by atoms with E-state index in [4.69, 9.17) is 0 Å². The van der Waals surface area contributed by atoms with E-state index < -0.39 is 0 Å². The number of halogens is 1. The third kappa shape index (κ3) is 2.14. The highest BCUT2D eigenvalue weighted by Crippen LogP contribution is 2.31. The molecule has 0 aliphatic heterocycles. The van der Waals surface area contributed by atoms with Crippen molar-refractivity contribution >= 4 is 0 Å². The molecule has 0 amide bonds. The molecule has 1 nitrogen and oxygen atoms in total. The lowest BCUT2D eigenvalue weighted by Gasteiger charge is -2.05. The Labute approximate surface area is 118 Å². The van der Waals surface area contributed by atoms with Crippen LogP contribution in [0.5, 0.6) is 0 Å². The zero-order valence-corrected chi connectivity index (χ0v) is 11.6. The van der Waals surface area contributed by atoms with Crippen LogP contribution >= 0.6 is 0 Å². The van der Waals surface area contributed by atoms with Crippen LogP contribution in [0.4, 0.5) is 4.39 Å². The van der Waals surface area contributed by atoms with Gasteiger partial charge in [-0.3, -0.25) is 0 Å². The first-order valence-electron chi connectivity index (χ1n) is 6.64. The molecule has 0 aliphatic carbocycles. The minimum Gasteiger partial charge on any atom is -0.347 e. The van der Waals surface area contributed by atoms with Gasteiger partial charge in [-0.05, 0) is 48.4 Å². The molecule has 0 bridgehead atoms. The number of aromatic nitrogens is 1. The maximum atomic E-state index is 13.0. The molecule has 1 heterocycles. The summed E-state index contributed by atoms with van der Waals surface area (Å²) in [4.78, 5) is 0. The largest absolute Gasteiger partial charge is 0.347 e. The Kier molecular flexibility index (Phi) is 3.15. The molecule has 100 valence electrons. The number of nitrogens with zero attached hydrogens (tertiary/aromatic N) is 1. The highest BCUT2D eigenvalue weighted by atomic mass is 19.1. The van der Waals surface area contributed by atoms with Gasteiger partial charge in [-0.15, -0.1) is 0 Å². The van der Waals surface area contributed by atoms with Crippen molar-refractivity contribution in [1.82, 2.24) is 4.57 Å². The first-order valence-corrected chi connectivity index (χ1v) is 6.64. The highest BCUT2D eigenvalue weighted by molar-refractivity contribution is 5.74. The summed E-state index contributed by atoms with van der Waals surface area (Å²) in [7, 11) is 2.04. The SMILES string of the molecule is Cc1c(-c2ccccc2)cc(-c2ccc(F)cc2)n1C. The summed E-state index contributed by atoms with van der Waals surface area (Å²) in [5, 5.41) is 0. The van der Waals surface area contributed by atoms with Crippen molar-refractivity contribution in [3.63, 3.8) is 0 Å². The molecule has 3 aromatic rings. The van der Waals surface area contributed by atoms with Gasteiger partial charge >= 0.3 is 0 Å². The van der Waals surface area contributed by atoms with Gasteiger partial charge in [-0.2, -0.15) is 0 Å². The third-order valence-electron chi connectivity index (χ3n) is 3.76. The molecule has 2 aromatic carbocycles. The van der Waals surface area contributed by atoms with Crippen molar-refractivity contribution in [1.29, 1.82) is 0 Å². The van der Waals surface area contributed by atoms with Gasteiger partial charge in [0.15, 0.2) is 0 Å². The van der Waals surface area contributed by atoms with E-state index in [-0.39, 0.29) is 5.82 Å². The molecule has 0 saturated heterocycles. The standard InChI is InChI=1S/C18H16FN/c1-13-17(14-6-4-3-5-7-14)12-18(20(13)2)15-8-10-16(19)11-9-15/h3-12H,1-2H3. The van der Waals surface area contributed by atoms with E-state index in [1.54, 1.807) is 0 Å². The predicted molar refractivity (Wildman–Crippen MR) is 81.0 cm³/mol. The molecule has 1 aromatic heterocycles. The van der Waals surface area contributed by atoms with Gasteiger partial charge in [-0.1, -0.05) is 30.3 Å². The smallest absolute Gasteiger partial charge is 0.123 e. The zero-order valence-electron chi connectivity index (χ0n) is 11.6. The van der Waals surface area contributed by atoms with Crippen molar-refractivity contribution in [2.24, 2.45) is 7.05 Å². The van der Waals surface area contributed by atoms with Crippen LogP contribution in [0.1, 0.15) is 5.69 Å². The lowest BCUT2D eigenvalue weighted by Crippen LogP contribution is -1.94. The van der Waals surface area contributed by atoms with Crippen LogP contribution in [0.3, 0.4) is 0 Å². The fourth-order valence-corrected chi connectivity index (χ4v) is 2.51. The van der Waals surface area contributed by atoms with Gasteiger partial charge in [0.1, 0.15) is 5.82 Å². The van der Waals surface area contributed by atoms with Gasteiger partial charge in [0.05, 0.1) is 0 Å². The summed E-state index contributed by atoms with van der Waals surface area (Å²) in [5.74, 6) is -0.206. The van der Waals surface area contributed by atoms with E-state index in [2.05, 4.69) is 29.7 Å². The summed E-state index contributed by atoms with van der Waals surface area (Å²) >= 11 is 0. The molecule has 0 fully saturated rings. The minimum absolute atomic E-state index is 0.206. The zero-order chi connectivity index (χ0) is 14.1. The molecule has 0 aliphatic rings. The number of rotatable bonds is 2. The summed E-state index contributed by atoms with van der Waals surface area (Å²) in [5.41, 5.74) is 5.75. The molecule has 0 spiro atoms. The average molecular weight is 265 g/mol. The van der Waals surface area contributed by atoms with E-state index in [1.165, 1.54) is 29.0 Å². The molecule has 0 atom stereocenters. The van der Waals surface area contributed by atoms with Gasteiger partial charge < -0.3 is 4.57 Å². The maximum Gasteiger partial charge on any atom is 0.123 e. The average Bonchev–Trinajstić information content (AvgIpc) is 2.77. The Morgan fingerprint density at radius 1 is 0.850 bits per heavy atom. The molecule has 0 unspecified atom stereocenters. The Balaban J connectivity index is 2.13. The minimum atomic E-state index is -0.206. The van der Waals surface area contributed by atoms with Gasteiger partial charge in [0.2, 0.25) is 0 Å². The monoisotopic (exact) mass is 265 g/mol. The molecule has 0 N–H and O–H groups in total. The Morgan fingerprint density at radius 3 is 2.15 bits per heavy atom. The normalized spacial score (nSPS) is 10.8. The van der Waals surface area contributed by atoms with Crippen molar-refractivity contribution < 1.29 is 4.39 Å². The summed E-state index contributed by atoms with van der Waals surface area (Å²) in [6.07, 6.45) is 0. The first kappa shape index (κ1) is 12.7. The van der Waals surface area contributed by atoms with Crippen molar-refractivity contribution in [2.75, 3.05) is 0 Å².